The molecule has 0 atom stereocenters. The van der Waals surface area contributed by atoms with Crippen molar-refractivity contribution in [3.8, 4) is 0 Å². The number of esters is 1. The van der Waals surface area contributed by atoms with Crippen LogP contribution < -0.4 is 0 Å². The number of amides is 2. The predicted octanol–water partition coefficient (Wildman–Crippen LogP) is 5.97. The summed E-state index contributed by atoms with van der Waals surface area (Å²) in [7, 11) is 0. The molecule has 8 heteroatoms. The number of carbonyl (C=O) groups excluding carboxylic acids is 4. The summed E-state index contributed by atoms with van der Waals surface area (Å²) in [4.78, 5) is 50.8. The van der Waals surface area contributed by atoms with Crippen LogP contribution in [0.25, 0.3) is 0 Å². The summed E-state index contributed by atoms with van der Waals surface area (Å²) in [6.07, 6.45) is 22.0. The molecule has 36 heavy (non-hydrogen) atoms. The Morgan fingerprint density at radius 2 is 1.22 bits per heavy atom. The molecule has 0 bridgehead atoms. The molecule has 2 amide bonds. The fraction of sp³-hybridized carbons (Fsp3) is 0.786. The van der Waals surface area contributed by atoms with Crippen molar-refractivity contribution in [2.24, 2.45) is 0 Å². The Hall–Kier alpha value is -2.22. The number of hydroxylamine groups is 2. The summed E-state index contributed by atoms with van der Waals surface area (Å²) < 4.78 is 10.5. The molecule has 1 fully saturated rings. The van der Waals surface area contributed by atoms with Crippen LogP contribution in [0.3, 0.4) is 0 Å². The van der Waals surface area contributed by atoms with Gasteiger partial charge in [0.2, 0.25) is 0 Å². The van der Waals surface area contributed by atoms with Crippen LogP contribution in [-0.4, -0.2) is 48.6 Å². The fourth-order valence-corrected chi connectivity index (χ4v) is 3.85. The Bertz CT molecular complexity index is 646. The highest BCUT2D eigenvalue weighted by Gasteiger charge is 2.32. The molecule has 0 N–H and O–H groups in total. The van der Waals surface area contributed by atoms with Gasteiger partial charge in [0, 0.05) is 19.4 Å². The van der Waals surface area contributed by atoms with Crippen molar-refractivity contribution in [1.82, 2.24) is 5.06 Å². The van der Waals surface area contributed by atoms with E-state index >= 15 is 0 Å². The molecule has 1 rings (SSSR count). The van der Waals surface area contributed by atoms with Gasteiger partial charge in [-0.05, 0) is 32.1 Å². The smallest absolute Gasteiger partial charge is 0.333 e. The zero-order chi connectivity index (χ0) is 26.3. The Morgan fingerprint density at radius 1 is 0.694 bits per heavy atom. The van der Waals surface area contributed by atoms with Crippen molar-refractivity contribution in [3.63, 3.8) is 0 Å². The molecule has 1 heterocycles. The SMILES string of the molecule is CCCCCCCC/C=C\CCCCCCCCOCCOC(=O)CCC(=O)ON1C(=O)CCC1=O. The van der Waals surface area contributed by atoms with Crippen molar-refractivity contribution in [1.29, 1.82) is 0 Å². The van der Waals surface area contributed by atoms with E-state index in [-0.39, 0.29) is 32.3 Å². The minimum atomic E-state index is -0.813. The predicted molar refractivity (Wildman–Crippen MR) is 138 cm³/mol. The van der Waals surface area contributed by atoms with Crippen LogP contribution in [0, 0.1) is 0 Å². The molecule has 206 valence electrons. The molecule has 8 nitrogen and oxygen atoms in total. The molecule has 0 unspecified atom stereocenters. The molecular formula is C28H47NO7. The largest absolute Gasteiger partial charge is 0.463 e. The number of imide groups is 1. The van der Waals surface area contributed by atoms with Crippen molar-refractivity contribution in [2.75, 3.05) is 19.8 Å². The van der Waals surface area contributed by atoms with Crippen molar-refractivity contribution in [2.45, 2.75) is 122 Å². The number of ether oxygens (including phenoxy) is 2. The van der Waals surface area contributed by atoms with E-state index in [9.17, 15) is 19.2 Å². The van der Waals surface area contributed by atoms with Crippen molar-refractivity contribution < 1.29 is 33.5 Å². The van der Waals surface area contributed by atoms with Gasteiger partial charge in [0.15, 0.2) is 0 Å². The van der Waals surface area contributed by atoms with E-state index in [2.05, 4.69) is 19.1 Å². The van der Waals surface area contributed by atoms with E-state index < -0.39 is 23.8 Å². The van der Waals surface area contributed by atoms with Gasteiger partial charge in [0.05, 0.1) is 19.4 Å². The third-order valence-corrected chi connectivity index (χ3v) is 6.02. The highest BCUT2D eigenvalue weighted by Crippen LogP contribution is 2.13. The van der Waals surface area contributed by atoms with Gasteiger partial charge >= 0.3 is 11.9 Å². The van der Waals surface area contributed by atoms with Crippen LogP contribution in [0.15, 0.2) is 12.2 Å². The first kappa shape index (κ1) is 31.8. The lowest BCUT2D eigenvalue weighted by molar-refractivity contribution is -0.197. The summed E-state index contributed by atoms with van der Waals surface area (Å²) in [5, 5.41) is 0.470. The average molecular weight is 510 g/mol. The molecule has 0 radical (unpaired) electrons. The first-order chi connectivity index (χ1) is 17.5. The van der Waals surface area contributed by atoms with Gasteiger partial charge in [-0.3, -0.25) is 14.4 Å². The van der Waals surface area contributed by atoms with Crippen molar-refractivity contribution >= 4 is 23.8 Å². The highest BCUT2D eigenvalue weighted by molar-refractivity contribution is 6.01. The minimum Gasteiger partial charge on any atom is -0.463 e. The minimum absolute atomic E-state index is 0.0331. The fourth-order valence-electron chi connectivity index (χ4n) is 3.85. The Labute approximate surface area is 217 Å². The van der Waals surface area contributed by atoms with E-state index in [0.717, 1.165) is 12.8 Å². The van der Waals surface area contributed by atoms with Crippen LogP contribution >= 0.6 is 0 Å². The number of hydrogen-bond donors (Lipinski definition) is 0. The van der Waals surface area contributed by atoms with Gasteiger partial charge < -0.3 is 14.3 Å². The Morgan fingerprint density at radius 3 is 1.83 bits per heavy atom. The van der Waals surface area contributed by atoms with Gasteiger partial charge in [0.1, 0.15) is 6.61 Å². The molecule has 0 aromatic rings. The molecule has 0 spiro atoms. The second kappa shape index (κ2) is 22.0. The number of nitrogens with zero attached hydrogens (tertiary/aromatic N) is 1. The molecule has 1 aliphatic rings. The second-order valence-corrected chi connectivity index (χ2v) is 9.32. The van der Waals surface area contributed by atoms with Crippen molar-refractivity contribution in [3.05, 3.63) is 12.2 Å². The third-order valence-electron chi connectivity index (χ3n) is 6.02. The van der Waals surface area contributed by atoms with Gasteiger partial charge in [0.25, 0.3) is 11.8 Å². The second-order valence-electron chi connectivity index (χ2n) is 9.32. The first-order valence-corrected chi connectivity index (χ1v) is 14.0. The number of unbranched alkanes of at least 4 members (excludes halogenated alkanes) is 12. The van der Waals surface area contributed by atoms with Crippen LogP contribution in [-0.2, 0) is 33.5 Å². The standard InChI is InChI=1S/C28H47NO7/c1-2-3-4-5-6-7-8-9-10-11-12-13-14-15-16-17-22-34-23-24-35-27(32)20-21-28(33)36-29-25(30)18-19-26(29)31/h9-10H,2-8,11-24H2,1H3/b10-9-. The number of allylic oxidation sites excluding steroid dienone is 2. The lowest BCUT2D eigenvalue weighted by Gasteiger charge is -2.12. The summed E-state index contributed by atoms with van der Waals surface area (Å²) in [5.74, 6) is -2.46. The van der Waals surface area contributed by atoms with Crippen LogP contribution in [0.1, 0.15) is 122 Å². The number of carbonyl (C=O) groups is 4. The van der Waals surface area contributed by atoms with Crippen LogP contribution in [0.2, 0.25) is 0 Å². The van der Waals surface area contributed by atoms with Gasteiger partial charge in [-0.1, -0.05) is 76.9 Å². The molecular weight excluding hydrogens is 462 g/mol. The van der Waals surface area contributed by atoms with Gasteiger partial charge in [-0.25, -0.2) is 4.79 Å². The van der Waals surface area contributed by atoms with Crippen LogP contribution in [0.4, 0.5) is 0 Å². The monoisotopic (exact) mass is 509 g/mol. The van der Waals surface area contributed by atoms with E-state index in [1.165, 1.54) is 77.0 Å². The maximum absolute atomic E-state index is 11.7. The van der Waals surface area contributed by atoms with E-state index in [1.54, 1.807) is 0 Å². The third kappa shape index (κ3) is 17.2. The Kier molecular flexibility index (Phi) is 19.5. The van der Waals surface area contributed by atoms with E-state index in [0.29, 0.717) is 18.3 Å². The molecule has 1 saturated heterocycles. The lowest BCUT2D eigenvalue weighted by Crippen LogP contribution is -2.32. The number of rotatable bonds is 23. The Balaban J connectivity index is 1.80. The summed E-state index contributed by atoms with van der Waals surface area (Å²) in [5.41, 5.74) is 0. The van der Waals surface area contributed by atoms with Gasteiger partial charge in [-0.15, -0.1) is 5.06 Å². The average Bonchev–Trinajstić information content (AvgIpc) is 3.18. The summed E-state index contributed by atoms with van der Waals surface area (Å²) >= 11 is 0. The first-order valence-electron chi connectivity index (χ1n) is 14.0. The molecule has 1 aliphatic heterocycles. The quantitative estimate of drug-likeness (QED) is 0.0724. The highest BCUT2D eigenvalue weighted by atomic mass is 16.7. The van der Waals surface area contributed by atoms with Crippen LogP contribution in [0.5, 0.6) is 0 Å². The summed E-state index contributed by atoms with van der Waals surface area (Å²) in [6, 6.07) is 0. The molecule has 0 aliphatic carbocycles. The molecule has 0 saturated carbocycles. The molecule has 0 aromatic carbocycles. The lowest BCUT2D eigenvalue weighted by atomic mass is 10.1. The normalized spacial score (nSPS) is 13.6. The van der Waals surface area contributed by atoms with E-state index in [4.69, 9.17) is 14.3 Å². The maximum Gasteiger partial charge on any atom is 0.333 e. The van der Waals surface area contributed by atoms with Gasteiger partial charge in [-0.2, -0.15) is 0 Å². The maximum atomic E-state index is 11.7. The topological polar surface area (TPSA) is 99.2 Å². The zero-order valence-electron chi connectivity index (χ0n) is 22.3. The zero-order valence-corrected chi connectivity index (χ0v) is 22.3. The number of hydrogen-bond acceptors (Lipinski definition) is 7. The van der Waals surface area contributed by atoms with E-state index in [1.807, 2.05) is 0 Å². The summed E-state index contributed by atoms with van der Waals surface area (Å²) in [6.45, 7) is 3.34. The molecule has 0 aromatic heterocycles.